The minimum absolute atomic E-state index is 0.183. The molecule has 1 amide bonds. The Morgan fingerprint density at radius 2 is 1.43 bits per heavy atom. The number of halogens is 2. The predicted molar refractivity (Wildman–Crippen MR) is 154 cm³/mol. The molecule has 0 fully saturated rings. The van der Waals surface area contributed by atoms with Crippen molar-refractivity contribution in [3.63, 3.8) is 0 Å². The molecule has 5 nitrogen and oxygen atoms in total. The van der Waals surface area contributed by atoms with Crippen LogP contribution in [0.3, 0.4) is 0 Å². The Labute approximate surface area is 232 Å². The molecule has 0 aliphatic heterocycles. The number of rotatable bonds is 8. The van der Waals surface area contributed by atoms with Crippen LogP contribution in [-0.4, -0.2) is 27.0 Å². The fraction of sp³-hybridized carbons (Fsp3) is 0.0667. The first-order chi connectivity index (χ1) is 18.1. The SMILES string of the molecule is O=C(NC/C=C\c1cn(C(c2ccccc2)(c2ccccc2)c2ccccc2)cn1)c1cc(Br)c(Br)[nH]1. The quantitative estimate of drug-likeness (QED) is 0.184. The molecular weight excluding hydrogens is 592 g/mol. The molecule has 2 aromatic heterocycles. The lowest BCUT2D eigenvalue weighted by atomic mass is 9.77. The maximum atomic E-state index is 12.4. The molecule has 7 heteroatoms. The summed E-state index contributed by atoms with van der Waals surface area (Å²) >= 11 is 6.74. The largest absolute Gasteiger partial charge is 0.347 e. The topological polar surface area (TPSA) is 62.7 Å². The Morgan fingerprint density at radius 1 is 0.892 bits per heavy atom. The second-order valence-electron chi connectivity index (χ2n) is 8.47. The molecule has 0 aliphatic rings. The zero-order valence-corrected chi connectivity index (χ0v) is 23.0. The van der Waals surface area contributed by atoms with Gasteiger partial charge in [0.1, 0.15) is 11.2 Å². The maximum Gasteiger partial charge on any atom is 0.268 e. The number of hydrogen-bond acceptors (Lipinski definition) is 2. The fourth-order valence-corrected chi connectivity index (χ4v) is 5.20. The van der Waals surface area contributed by atoms with Gasteiger partial charge >= 0.3 is 0 Å². The summed E-state index contributed by atoms with van der Waals surface area (Å²) in [6.07, 6.45) is 7.74. The van der Waals surface area contributed by atoms with Crippen molar-refractivity contribution in [2.45, 2.75) is 5.54 Å². The summed E-state index contributed by atoms with van der Waals surface area (Å²) in [5.74, 6) is -0.183. The summed E-state index contributed by atoms with van der Waals surface area (Å²) in [7, 11) is 0. The van der Waals surface area contributed by atoms with Gasteiger partial charge in [-0.3, -0.25) is 4.79 Å². The van der Waals surface area contributed by atoms with E-state index in [1.54, 1.807) is 6.07 Å². The van der Waals surface area contributed by atoms with Gasteiger partial charge < -0.3 is 14.9 Å². The molecule has 184 valence electrons. The van der Waals surface area contributed by atoms with Crippen molar-refractivity contribution in [1.29, 1.82) is 0 Å². The molecule has 5 rings (SSSR count). The average Bonchev–Trinajstić information content (AvgIpc) is 3.55. The molecule has 2 heterocycles. The van der Waals surface area contributed by atoms with Crippen LogP contribution in [0.5, 0.6) is 0 Å². The highest BCUT2D eigenvalue weighted by atomic mass is 79.9. The van der Waals surface area contributed by atoms with E-state index in [1.165, 1.54) is 0 Å². The summed E-state index contributed by atoms with van der Waals surface area (Å²) in [6, 6.07) is 33.2. The summed E-state index contributed by atoms with van der Waals surface area (Å²) in [5.41, 5.74) is 4.08. The van der Waals surface area contributed by atoms with Crippen LogP contribution in [0, 0.1) is 0 Å². The number of H-pyrrole nitrogens is 1. The van der Waals surface area contributed by atoms with Crippen LogP contribution in [0.15, 0.2) is 125 Å². The van der Waals surface area contributed by atoms with Crippen molar-refractivity contribution in [3.8, 4) is 0 Å². The van der Waals surface area contributed by atoms with E-state index in [9.17, 15) is 4.79 Å². The van der Waals surface area contributed by atoms with Crippen LogP contribution < -0.4 is 5.32 Å². The fourth-order valence-electron chi connectivity index (χ4n) is 4.55. The van der Waals surface area contributed by atoms with E-state index in [0.717, 1.165) is 31.5 Å². The first kappa shape index (κ1) is 25.0. The number of hydrogen-bond donors (Lipinski definition) is 2. The minimum atomic E-state index is -0.606. The van der Waals surface area contributed by atoms with Crippen LogP contribution in [-0.2, 0) is 5.54 Å². The van der Waals surface area contributed by atoms with Crippen LogP contribution >= 0.6 is 31.9 Å². The third-order valence-corrected chi connectivity index (χ3v) is 7.99. The summed E-state index contributed by atoms with van der Waals surface area (Å²) in [5, 5.41) is 2.89. The van der Waals surface area contributed by atoms with Crippen molar-refractivity contribution in [1.82, 2.24) is 19.9 Å². The monoisotopic (exact) mass is 614 g/mol. The molecule has 0 atom stereocenters. The molecule has 0 saturated carbocycles. The Balaban J connectivity index is 1.47. The van der Waals surface area contributed by atoms with E-state index in [-0.39, 0.29) is 5.91 Å². The van der Waals surface area contributed by atoms with E-state index >= 15 is 0 Å². The Kier molecular flexibility index (Phi) is 7.53. The molecule has 0 unspecified atom stereocenters. The zero-order valence-electron chi connectivity index (χ0n) is 19.8. The van der Waals surface area contributed by atoms with Gasteiger partial charge in [-0.05, 0) is 60.7 Å². The van der Waals surface area contributed by atoms with Crippen LogP contribution in [0.25, 0.3) is 6.08 Å². The van der Waals surface area contributed by atoms with Gasteiger partial charge in [0.15, 0.2) is 0 Å². The number of benzene rings is 3. The van der Waals surface area contributed by atoms with Crippen molar-refractivity contribution < 1.29 is 4.79 Å². The number of amides is 1. The molecule has 5 aromatic rings. The van der Waals surface area contributed by atoms with Gasteiger partial charge in [-0.15, -0.1) is 0 Å². The first-order valence-electron chi connectivity index (χ1n) is 11.8. The number of imidazole rings is 1. The maximum absolute atomic E-state index is 12.4. The van der Waals surface area contributed by atoms with E-state index in [0.29, 0.717) is 12.2 Å². The molecule has 0 radical (unpaired) electrons. The molecule has 3 aromatic carbocycles. The number of aromatic amines is 1. The second kappa shape index (κ2) is 11.2. The van der Waals surface area contributed by atoms with E-state index < -0.39 is 5.54 Å². The van der Waals surface area contributed by atoms with Gasteiger partial charge in [0.05, 0.1) is 21.1 Å². The third kappa shape index (κ3) is 5.10. The molecule has 2 N–H and O–H groups in total. The lowest BCUT2D eigenvalue weighted by molar-refractivity contribution is 0.0953. The van der Waals surface area contributed by atoms with E-state index in [4.69, 9.17) is 4.98 Å². The van der Waals surface area contributed by atoms with Gasteiger partial charge in [-0.2, -0.15) is 0 Å². The number of aromatic nitrogens is 3. The highest BCUT2D eigenvalue weighted by Gasteiger charge is 2.38. The Morgan fingerprint density at radius 3 is 1.92 bits per heavy atom. The lowest BCUT2D eigenvalue weighted by Gasteiger charge is -2.37. The molecule has 0 bridgehead atoms. The number of nitrogens with zero attached hydrogens (tertiary/aromatic N) is 2. The van der Waals surface area contributed by atoms with Crippen molar-refractivity contribution in [2.75, 3.05) is 6.54 Å². The van der Waals surface area contributed by atoms with Crippen LogP contribution in [0.1, 0.15) is 32.9 Å². The van der Waals surface area contributed by atoms with Crippen molar-refractivity contribution in [2.24, 2.45) is 0 Å². The average molecular weight is 616 g/mol. The predicted octanol–water partition coefficient (Wildman–Crippen LogP) is 7.02. The minimum Gasteiger partial charge on any atom is -0.347 e. The van der Waals surface area contributed by atoms with Crippen molar-refractivity contribution >= 4 is 43.8 Å². The normalized spacial score (nSPS) is 11.6. The number of carbonyl (C=O) groups is 1. The Hall–Kier alpha value is -3.68. The molecule has 0 aliphatic carbocycles. The van der Waals surface area contributed by atoms with Gasteiger partial charge in [0.25, 0.3) is 5.91 Å². The molecule has 37 heavy (non-hydrogen) atoms. The van der Waals surface area contributed by atoms with Gasteiger partial charge in [0.2, 0.25) is 0 Å². The summed E-state index contributed by atoms with van der Waals surface area (Å²) in [6.45, 7) is 0.376. The lowest BCUT2D eigenvalue weighted by Crippen LogP contribution is -2.36. The second-order valence-corrected chi connectivity index (χ2v) is 10.1. The van der Waals surface area contributed by atoms with E-state index in [1.807, 2.05) is 42.9 Å². The smallest absolute Gasteiger partial charge is 0.268 e. The van der Waals surface area contributed by atoms with Gasteiger partial charge in [-0.25, -0.2) is 4.98 Å². The standard InChI is InChI=1S/C30H24Br2N4O/c31-26-19-27(35-28(26)32)29(37)33-18-10-17-25-20-36(21-34-25)30(22-11-4-1-5-12-22,23-13-6-2-7-14-23)24-15-8-3-9-16-24/h1-17,19-21,35H,18H2,(H,33,37)/b17-10-. The highest BCUT2D eigenvalue weighted by Crippen LogP contribution is 2.40. The first-order valence-corrected chi connectivity index (χ1v) is 13.4. The van der Waals surface area contributed by atoms with Crippen LogP contribution in [0.2, 0.25) is 0 Å². The number of nitrogens with one attached hydrogen (secondary N) is 2. The summed E-state index contributed by atoms with van der Waals surface area (Å²) < 4.78 is 3.70. The molecule has 0 saturated heterocycles. The van der Waals surface area contributed by atoms with Gasteiger partial charge in [-0.1, -0.05) is 97.1 Å². The zero-order chi connectivity index (χ0) is 25.7. The van der Waals surface area contributed by atoms with Gasteiger partial charge in [0, 0.05) is 12.7 Å². The molecular formula is C30H24Br2N4O. The molecule has 0 spiro atoms. The Bertz CT molecular complexity index is 1390. The summed E-state index contributed by atoms with van der Waals surface area (Å²) in [4.78, 5) is 20.1. The van der Waals surface area contributed by atoms with Crippen LogP contribution in [0.4, 0.5) is 0 Å². The number of carbonyl (C=O) groups excluding carboxylic acids is 1. The highest BCUT2D eigenvalue weighted by molar-refractivity contribution is 9.13. The third-order valence-electron chi connectivity index (χ3n) is 6.20. The van der Waals surface area contributed by atoms with E-state index in [2.05, 4.69) is 120 Å². The van der Waals surface area contributed by atoms with Crippen molar-refractivity contribution in [3.05, 3.63) is 153 Å².